The smallest absolute Gasteiger partial charge is 0.0670 e. The fraction of sp³-hybridized carbons (Fsp3) is 0.133. The van der Waals surface area contributed by atoms with Gasteiger partial charge in [-0.1, -0.05) is 15.9 Å². The Morgan fingerprint density at radius 3 is 2.58 bits per heavy atom. The van der Waals surface area contributed by atoms with E-state index in [1.165, 1.54) is 0 Å². The average Bonchev–Trinajstić information content (AvgIpc) is 2.38. The molecule has 0 radical (unpaired) electrons. The van der Waals surface area contributed by atoms with Crippen LogP contribution in [-0.4, -0.2) is 0 Å². The first-order valence-corrected chi connectivity index (χ1v) is 6.68. The van der Waals surface area contributed by atoms with Gasteiger partial charge < -0.3 is 11.1 Å². The first-order valence-electron chi connectivity index (χ1n) is 5.88. The van der Waals surface area contributed by atoms with E-state index in [9.17, 15) is 0 Å². The van der Waals surface area contributed by atoms with Crippen LogP contribution in [0.2, 0.25) is 0 Å². The SMILES string of the molecule is Cc1cc(Nc2ccc(N)c(CC#N)c2)ccc1Br. The Morgan fingerprint density at radius 1 is 1.21 bits per heavy atom. The first-order chi connectivity index (χ1) is 9.10. The van der Waals surface area contributed by atoms with Crippen molar-refractivity contribution in [1.29, 1.82) is 5.26 Å². The minimum atomic E-state index is 0.320. The minimum Gasteiger partial charge on any atom is -0.398 e. The Kier molecular flexibility index (Phi) is 4.08. The highest BCUT2D eigenvalue weighted by Crippen LogP contribution is 2.25. The Labute approximate surface area is 121 Å². The highest BCUT2D eigenvalue weighted by Gasteiger charge is 2.02. The lowest BCUT2D eigenvalue weighted by atomic mass is 10.1. The molecule has 0 aromatic heterocycles. The third-order valence-corrected chi connectivity index (χ3v) is 3.75. The van der Waals surface area contributed by atoms with Gasteiger partial charge in [0.15, 0.2) is 0 Å². The molecule has 0 aliphatic heterocycles. The molecular weight excluding hydrogens is 302 g/mol. The van der Waals surface area contributed by atoms with Crippen LogP contribution in [0.3, 0.4) is 0 Å². The second kappa shape index (κ2) is 5.77. The molecule has 0 spiro atoms. The molecule has 0 heterocycles. The largest absolute Gasteiger partial charge is 0.398 e. The fourth-order valence-electron chi connectivity index (χ4n) is 1.81. The van der Waals surface area contributed by atoms with Crippen molar-refractivity contribution in [3.8, 4) is 6.07 Å². The van der Waals surface area contributed by atoms with Crippen molar-refractivity contribution in [3.05, 3.63) is 52.0 Å². The number of anilines is 3. The summed E-state index contributed by atoms with van der Waals surface area (Å²) in [4.78, 5) is 0. The molecule has 3 N–H and O–H groups in total. The number of nitrogens with zero attached hydrogens (tertiary/aromatic N) is 1. The third kappa shape index (κ3) is 3.27. The number of benzene rings is 2. The summed E-state index contributed by atoms with van der Waals surface area (Å²) in [6.07, 6.45) is 0.320. The molecule has 0 aliphatic carbocycles. The number of hydrogen-bond acceptors (Lipinski definition) is 3. The van der Waals surface area contributed by atoms with E-state index in [1.54, 1.807) is 0 Å². The second-order valence-electron chi connectivity index (χ2n) is 4.34. The van der Waals surface area contributed by atoms with Crippen molar-refractivity contribution in [2.75, 3.05) is 11.1 Å². The molecule has 0 fully saturated rings. The molecule has 0 unspecified atom stereocenters. The molecule has 0 aliphatic rings. The quantitative estimate of drug-likeness (QED) is 0.836. The van der Waals surface area contributed by atoms with Crippen LogP contribution in [0.15, 0.2) is 40.9 Å². The van der Waals surface area contributed by atoms with E-state index in [-0.39, 0.29) is 0 Å². The maximum atomic E-state index is 8.76. The Balaban J connectivity index is 2.25. The molecule has 0 saturated heterocycles. The minimum absolute atomic E-state index is 0.320. The van der Waals surface area contributed by atoms with Gasteiger partial charge in [-0.25, -0.2) is 0 Å². The molecule has 0 amide bonds. The number of nitrogens with two attached hydrogens (primary N) is 1. The van der Waals surface area contributed by atoms with Gasteiger partial charge in [0.05, 0.1) is 12.5 Å². The highest BCUT2D eigenvalue weighted by atomic mass is 79.9. The molecule has 19 heavy (non-hydrogen) atoms. The van der Waals surface area contributed by atoms with E-state index in [4.69, 9.17) is 11.0 Å². The lowest BCUT2D eigenvalue weighted by Gasteiger charge is -2.10. The Morgan fingerprint density at radius 2 is 1.89 bits per heavy atom. The van der Waals surface area contributed by atoms with Gasteiger partial charge in [0.1, 0.15) is 0 Å². The zero-order chi connectivity index (χ0) is 13.8. The van der Waals surface area contributed by atoms with Crippen molar-refractivity contribution >= 4 is 33.0 Å². The maximum Gasteiger partial charge on any atom is 0.0670 e. The average molecular weight is 316 g/mol. The lowest BCUT2D eigenvalue weighted by molar-refractivity contribution is 1.27. The van der Waals surface area contributed by atoms with Crippen LogP contribution in [-0.2, 0) is 6.42 Å². The standard InChI is InChI=1S/C15H14BrN3/c1-10-8-12(2-4-14(10)16)19-13-3-5-15(18)11(9-13)6-7-17/h2-5,8-9,19H,6,18H2,1H3. The van der Waals surface area contributed by atoms with Gasteiger partial charge in [-0.3, -0.25) is 0 Å². The van der Waals surface area contributed by atoms with Crippen molar-refractivity contribution < 1.29 is 0 Å². The number of rotatable bonds is 3. The van der Waals surface area contributed by atoms with Crippen LogP contribution in [0, 0.1) is 18.3 Å². The van der Waals surface area contributed by atoms with Gasteiger partial charge in [0.2, 0.25) is 0 Å². The summed E-state index contributed by atoms with van der Waals surface area (Å²) >= 11 is 3.48. The van der Waals surface area contributed by atoms with E-state index in [0.29, 0.717) is 12.1 Å². The van der Waals surface area contributed by atoms with Gasteiger partial charge in [0, 0.05) is 21.5 Å². The van der Waals surface area contributed by atoms with Crippen molar-refractivity contribution in [1.82, 2.24) is 0 Å². The summed E-state index contributed by atoms with van der Waals surface area (Å²) in [7, 11) is 0. The molecule has 4 heteroatoms. The van der Waals surface area contributed by atoms with E-state index < -0.39 is 0 Å². The van der Waals surface area contributed by atoms with Crippen molar-refractivity contribution in [3.63, 3.8) is 0 Å². The second-order valence-corrected chi connectivity index (χ2v) is 5.19. The molecular formula is C15H14BrN3. The topological polar surface area (TPSA) is 61.8 Å². The predicted octanol–water partition coefficient (Wildman–Crippen LogP) is 4.15. The van der Waals surface area contributed by atoms with Gasteiger partial charge in [-0.2, -0.15) is 5.26 Å². The van der Waals surface area contributed by atoms with E-state index >= 15 is 0 Å². The van der Waals surface area contributed by atoms with Crippen molar-refractivity contribution in [2.45, 2.75) is 13.3 Å². The lowest BCUT2D eigenvalue weighted by Crippen LogP contribution is -1.97. The number of nitrogen functional groups attached to an aromatic ring is 1. The summed E-state index contributed by atoms with van der Waals surface area (Å²) in [6.45, 7) is 2.04. The summed E-state index contributed by atoms with van der Waals surface area (Å²) < 4.78 is 1.08. The molecule has 0 saturated carbocycles. The monoisotopic (exact) mass is 315 g/mol. The van der Waals surface area contributed by atoms with Crippen LogP contribution < -0.4 is 11.1 Å². The van der Waals surface area contributed by atoms with Gasteiger partial charge in [0.25, 0.3) is 0 Å². The summed E-state index contributed by atoms with van der Waals surface area (Å²) in [5.41, 5.74) is 10.4. The van der Waals surface area contributed by atoms with Crippen LogP contribution in [0.25, 0.3) is 0 Å². The number of nitriles is 1. The summed E-state index contributed by atoms with van der Waals surface area (Å²) in [5, 5.41) is 12.1. The van der Waals surface area contributed by atoms with Crippen LogP contribution in [0.5, 0.6) is 0 Å². The molecule has 0 atom stereocenters. The van der Waals surface area contributed by atoms with Gasteiger partial charge in [-0.15, -0.1) is 0 Å². The summed E-state index contributed by atoms with van der Waals surface area (Å²) in [6, 6.07) is 13.8. The van der Waals surface area contributed by atoms with E-state index in [1.807, 2.05) is 37.3 Å². The molecule has 96 valence electrons. The molecule has 2 aromatic carbocycles. The number of halogens is 1. The Hall–Kier alpha value is -1.99. The van der Waals surface area contributed by atoms with Crippen LogP contribution in [0.1, 0.15) is 11.1 Å². The predicted molar refractivity (Wildman–Crippen MR) is 82.3 cm³/mol. The molecule has 2 aromatic rings. The number of aryl methyl sites for hydroxylation is 1. The molecule has 3 nitrogen and oxygen atoms in total. The van der Waals surface area contributed by atoms with Crippen LogP contribution >= 0.6 is 15.9 Å². The zero-order valence-corrected chi connectivity index (χ0v) is 12.2. The fourth-order valence-corrected chi connectivity index (χ4v) is 2.06. The van der Waals surface area contributed by atoms with E-state index in [2.05, 4.69) is 33.4 Å². The van der Waals surface area contributed by atoms with Crippen molar-refractivity contribution in [2.24, 2.45) is 0 Å². The van der Waals surface area contributed by atoms with E-state index in [0.717, 1.165) is 27.0 Å². The van der Waals surface area contributed by atoms with Gasteiger partial charge in [-0.05, 0) is 54.4 Å². The highest BCUT2D eigenvalue weighted by molar-refractivity contribution is 9.10. The third-order valence-electron chi connectivity index (χ3n) is 2.86. The summed E-state index contributed by atoms with van der Waals surface area (Å²) in [5.74, 6) is 0. The van der Waals surface area contributed by atoms with Crippen LogP contribution in [0.4, 0.5) is 17.1 Å². The number of nitrogens with one attached hydrogen (secondary N) is 1. The zero-order valence-electron chi connectivity index (χ0n) is 10.6. The normalized spacial score (nSPS) is 9.95. The number of hydrogen-bond donors (Lipinski definition) is 2. The maximum absolute atomic E-state index is 8.76. The first kappa shape index (κ1) is 13.4. The van der Waals surface area contributed by atoms with Gasteiger partial charge >= 0.3 is 0 Å². The Bertz CT molecular complexity index is 644. The molecule has 2 rings (SSSR count). The molecule has 0 bridgehead atoms.